The summed E-state index contributed by atoms with van der Waals surface area (Å²) in [5.74, 6) is -0.219. The molecule has 1 saturated carbocycles. The lowest BCUT2D eigenvalue weighted by Gasteiger charge is -2.20. The average Bonchev–Trinajstić information content (AvgIpc) is 2.75. The van der Waals surface area contributed by atoms with Gasteiger partial charge in [-0.2, -0.15) is 0 Å². The standard InChI is InChI=1S/C20H24FN7O2/c1-30-20(29)26-16-17(23)27-19(28-18(16)24)15(22)12-7-3-5-9-14(12)25-10-11-6-2-4-8-13(11)21/h2,4,6,8H,3,5,7,9-10,22H2,1H3,(H,26,29)(H4,23,24,27,28). The van der Waals surface area contributed by atoms with E-state index in [4.69, 9.17) is 17.2 Å². The number of anilines is 3. The van der Waals surface area contributed by atoms with Gasteiger partial charge in [0.1, 0.15) is 11.5 Å². The largest absolute Gasteiger partial charge is 0.453 e. The van der Waals surface area contributed by atoms with E-state index in [1.807, 2.05) is 0 Å². The lowest BCUT2D eigenvalue weighted by atomic mass is 9.91. The average molecular weight is 413 g/mol. The zero-order chi connectivity index (χ0) is 21.7. The zero-order valence-corrected chi connectivity index (χ0v) is 16.6. The predicted molar refractivity (Wildman–Crippen MR) is 114 cm³/mol. The predicted octanol–water partition coefficient (Wildman–Crippen LogP) is 2.84. The number of hydrogen-bond donors (Lipinski definition) is 4. The number of ether oxygens (including phenoxy) is 1. The second kappa shape index (κ2) is 9.21. The minimum Gasteiger partial charge on any atom is -0.453 e. The van der Waals surface area contributed by atoms with E-state index in [9.17, 15) is 9.18 Å². The number of amides is 1. The Kier molecular flexibility index (Phi) is 6.45. The van der Waals surface area contributed by atoms with Crippen LogP contribution in [0.3, 0.4) is 0 Å². The number of nitrogens with one attached hydrogen (secondary N) is 1. The Morgan fingerprint density at radius 1 is 1.20 bits per heavy atom. The van der Waals surface area contributed by atoms with Gasteiger partial charge in [0.05, 0.1) is 19.4 Å². The van der Waals surface area contributed by atoms with Crippen molar-refractivity contribution in [2.45, 2.75) is 32.2 Å². The maximum Gasteiger partial charge on any atom is 0.411 e. The first-order valence-corrected chi connectivity index (χ1v) is 9.44. The molecular weight excluding hydrogens is 389 g/mol. The number of nitrogens with two attached hydrogens (primary N) is 3. The number of hydrogen-bond acceptors (Lipinski definition) is 8. The summed E-state index contributed by atoms with van der Waals surface area (Å²) in [7, 11) is 1.21. The second-order valence-electron chi connectivity index (χ2n) is 6.76. The molecule has 1 fully saturated rings. The lowest BCUT2D eigenvalue weighted by molar-refractivity contribution is 0.187. The molecule has 1 aromatic heterocycles. The summed E-state index contributed by atoms with van der Waals surface area (Å²) in [6.45, 7) is 0.214. The number of nitrogens with zero attached hydrogens (tertiary/aromatic N) is 3. The molecule has 10 heteroatoms. The van der Waals surface area contributed by atoms with Gasteiger partial charge in [0.25, 0.3) is 0 Å². The SMILES string of the molecule is COC(=O)Nc1c(N)nc(C(N)=C2CCCCC2=NCc2ccccc2F)nc1N. The van der Waals surface area contributed by atoms with Crippen molar-refractivity contribution in [1.29, 1.82) is 0 Å². The third-order valence-electron chi connectivity index (χ3n) is 4.78. The van der Waals surface area contributed by atoms with Crippen molar-refractivity contribution < 1.29 is 13.9 Å². The third kappa shape index (κ3) is 4.65. The minimum absolute atomic E-state index is 0.0351. The molecule has 9 nitrogen and oxygen atoms in total. The first kappa shape index (κ1) is 21.0. The Labute approximate surface area is 173 Å². The van der Waals surface area contributed by atoms with Crippen molar-refractivity contribution in [2.24, 2.45) is 10.7 Å². The summed E-state index contributed by atoms with van der Waals surface area (Å²) in [6, 6.07) is 6.52. The van der Waals surface area contributed by atoms with Crippen LogP contribution in [0, 0.1) is 5.82 Å². The van der Waals surface area contributed by atoms with Gasteiger partial charge < -0.3 is 21.9 Å². The highest BCUT2D eigenvalue weighted by atomic mass is 19.1. The number of carbonyl (C=O) groups is 1. The van der Waals surface area contributed by atoms with Crippen LogP contribution in [0.5, 0.6) is 0 Å². The van der Waals surface area contributed by atoms with Crippen LogP contribution in [0.2, 0.25) is 0 Å². The molecule has 30 heavy (non-hydrogen) atoms. The van der Waals surface area contributed by atoms with Crippen LogP contribution >= 0.6 is 0 Å². The summed E-state index contributed by atoms with van der Waals surface area (Å²) < 4.78 is 18.4. The van der Waals surface area contributed by atoms with Crippen molar-refractivity contribution in [3.05, 3.63) is 47.0 Å². The molecule has 2 aromatic rings. The van der Waals surface area contributed by atoms with E-state index in [2.05, 4.69) is 25.0 Å². The van der Waals surface area contributed by atoms with E-state index in [1.165, 1.54) is 13.2 Å². The number of methoxy groups -OCH3 is 1. The molecule has 0 atom stereocenters. The molecule has 0 radical (unpaired) electrons. The van der Waals surface area contributed by atoms with Gasteiger partial charge >= 0.3 is 6.09 Å². The van der Waals surface area contributed by atoms with Crippen molar-refractivity contribution in [3.63, 3.8) is 0 Å². The van der Waals surface area contributed by atoms with Gasteiger partial charge in [-0.1, -0.05) is 18.2 Å². The molecule has 1 aliphatic rings. The number of aliphatic imine (C=N–C) groups is 1. The normalized spacial score (nSPS) is 16.9. The van der Waals surface area contributed by atoms with E-state index in [0.717, 1.165) is 30.5 Å². The Morgan fingerprint density at radius 3 is 2.53 bits per heavy atom. The van der Waals surface area contributed by atoms with Crippen LogP contribution in [-0.4, -0.2) is 28.9 Å². The molecule has 7 N–H and O–H groups in total. The highest BCUT2D eigenvalue weighted by Gasteiger charge is 2.21. The quantitative estimate of drug-likeness (QED) is 0.600. The zero-order valence-electron chi connectivity index (χ0n) is 16.6. The smallest absolute Gasteiger partial charge is 0.411 e. The van der Waals surface area contributed by atoms with Crippen LogP contribution in [0.15, 0.2) is 34.8 Å². The maximum absolute atomic E-state index is 13.9. The number of benzene rings is 1. The summed E-state index contributed by atoms with van der Waals surface area (Å²) >= 11 is 0. The lowest BCUT2D eigenvalue weighted by Crippen LogP contribution is -2.19. The number of aromatic nitrogens is 2. The van der Waals surface area contributed by atoms with Gasteiger partial charge in [0.15, 0.2) is 17.5 Å². The topological polar surface area (TPSA) is 155 Å². The van der Waals surface area contributed by atoms with Crippen LogP contribution < -0.4 is 22.5 Å². The number of allylic oxidation sites excluding steroid dienone is 1. The molecule has 1 aliphatic carbocycles. The van der Waals surface area contributed by atoms with E-state index in [0.29, 0.717) is 17.7 Å². The monoisotopic (exact) mass is 413 g/mol. The summed E-state index contributed by atoms with van der Waals surface area (Å²) in [4.78, 5) is 24.4. The van der Waals surface area contributed by atoms with Crippen LogP contribution in [0.4, 0.5) is 26.5 Å². The van der Waals surface area contributed by atoms with Gasteiger partial charge in [-0.15, -0.1) is 0 Å². The molecule has 0 spiro atoms. The van der Waals surface area contributed by atoms with E-state index in [-0.39, 0.29) is 35.5 Å². The molecule has 0 saturated heterocycles. The van der Waals surface area contributed by atoms with Crippen molar-refractivity contribution in [1.82, 2.24) is 9.97 Å². The molecule has 1 aromatic carbocycles. The number of rotatable bonds is 4. The molecule has 3 rings (SSSR count). The van der Waals surface area contributed by atoms with Gasteiger partial charge in [-0.3, -0.25) is 10.3 Å². The number of carbonyl (C=O) groups excluding carboxylic acids is 1. The molecule has 0 bridgehead atoms. The van der Waals surface area contributed by atoms with Crippen molar-refractivity contribution in [3.8, 4) is 0 Å². The van der Waals surface area contributed by atoms with Crippen LogP contribution in [-0.2, 0) is 11.3 Å². The molecule has 158 valence electrons. The third-order valence-corrected chi connectivity index (χ3v) is 4.78. The first-order chi connectivity index (χ1) is 14.4. The number of nitrogen functional groups attached to an aromatic ring is 2. The highest BCUT2D eigenvalue weighted by Crippen LogP contribution is 2.29. The summed E-state index contributed by atoms with van der Waals surface area (Å²) in [5, 5.41) is 2.37. The fraction of sp³-hybridized carbons (Fsp3) is 0.300. The maximum atomic E-state index is 13.9. The van der Waals surface area contributed by atoms with Gasteiger partial charge in [0.2, 0.25) is 0 Å². The number of halogens is 1. The molecule has 0 unspecified atom stereocenters. The Balaban J connectivity index is 1.93. The fourth-order valence-corrected chi connectivity index (χ4v) is 3.19. The van der Waals surface area contributed by atoms with Gasteiger partial charge in [-0.05, 0) is 37.3 Å². The summed E-state index contributed by atoms with van der Waals surface area (Å²) in [5.41, 5.74) is 20.7. The Morgan fingerprint density at radius 2 is 1.87 bits per heavy atom. The molecule has 1 heterocycles. The summed E-state index contributed by atoms with van der Waals surface area (Å²) in [6.07, 6.45) is 2.55. The highest BCUT2D eigenvalue weighted by molar-refractivity contribution is 6.06. The fourth-order valence-electron chi connectivity index (χ4n) is 3.19. The van der Waals surface area contributed by atoms with Crippen molar-refractivity contribution in [2.75, 3.05) is 23.9 Å². The van der Waals surface area contributed by atoms with Crippen molar-refractivity contribution >= 4 is 34.8 Å². The van der Waals surface area contributed by atoms with Gasteiger partial charge in [-0.25, -0.2) is 19.2 Å². The van der Waals surface area contributed by atoms with Gasteiger partial charge in [0, 0.05) is 11.3 Å². The molecule has 0 aliphatic heterocycles. The van der Waals surface area contributed by atoms with Crippen LogP contribution in [0.1, 0.15) is 37.1 Å². The van der Waals surface area contributed by atoms with E-state index in [1.54, 1.807) is 18.2 Å². The molecule has 1 amide bonds. The van der Waals surface area contributed by atoms with E-state index >= 15 is 0 Å². The Bertz CT molecular complexity index is 997. The molecular formula is C20H24FN7O2. The minimum atomic E-state index is -0.745. The van der Waals surface area contributed by atoms with Crippen LogP contribution in [0.25, 0.3) is 5.70 Å². The second-order valence-corrected chi connectivity index (χ2v) is 6.76. The van der Waals surface area contributed by atoms with E-state index < -0.39 is 6.09 Å². The Hall–Kier alpha value is -3.69. The first-order valence-electron chi connectivity index (χ1n) is 9.44.